The van der Waals surface area contributed by atoms with Crippen LogP contribution in [0.2, 0.25) is 0 Å². The molecule has 1 rings (SSSR count). The lowest BCUT2D eigenvalue weighted by Gasteiger charge is -2.07. The van der Waals surface area contributed by atoms with E-state index in [-0.39, 0.29) is 6.04 Å². The van der Waals surface area contributed by atoms with Gasteiger partial charge in [-0.3, -0.25) is 0 Å². The summed E-state index contributed by atoms with van der Waals surface area (Å²) < 4.78 is 0. The van der Waals surface area contributed by atoms with Crippen molar-refractivity contribution in [1.29, 1.82) is 0 Å². The van der Waals surface area contributed by atoms with E-state index in [9.17, 15) is 0 Å². The molecule has 0 amide bonds. The first kappa shape index (κ1) is 5.11. The molecule has 4 nitrogen and oxygen atoms in total. The van der Waals surface area contributed by atoms with Gasteiger partial charge in [0.2, 0.25) is 0 Å². The summed E-state index contributed by atoms with van der Waals surface area (Å²) >= 11 is 0. The Balaban J connectivity index is 2.63. The summed E-state index contributed by atoms with van der Waals surface area (Å²) in [6.07, 6.45) is 3.03. The molecule has 4 N–H and O–H groups in total. The van der Waals surface area contributed by atoms with Gasteiger partial charge in [-0.25, -0.2) is 0 Å². The number of amidine groups is 1. The van der Waals surface area contributed by atoms with Gasteiger partial charge in [-0.15, -0.1) is 0 Å². The number of nitrogens with two attached hydrogens (primary N) is 2. The van der Waals surface area contributed by atoms with Crippen LogP contribution < -0.4 is 11.5 Å². The summed E-state index contributed by atoms with van der Waals surface area (Å²) in [7, 11) is 0. The molecule has 1 heterocycles. The van der Waals surface area contributed by atoms with Crippen LogP contribution in [-0.2, 0) is 4.84 Å². The van der Waals surface area contributed by atoms with Crippen molar-refractivity contribution in [3.63, 3.8) is 0 Å². The van der Waals surface area contributed by atoms with E-state index >= 15 is 0 Å². The molecule has 0 aromatic carbocycles. The molecule has 4 heteroatoms. The average Bonchev–Trinajstić information content (AvgIpc) is 1.77. The molecule has 1 aliphatic heterocycles. The Kier molecular flexibility index (Phi) is 1.17. The minimum atomic E-state index is -0.274. The lowest BCUT2D eigenvalue weighted by molar-refractivity contribution is 0.259. The van der Waals surface area contributed by atoms with E-state index in [1.807, 2.05) is 0 Å². The zero-order chi connectivity index (χ0) is 5.98. The molecule has 0 fully saturated rings. The van der Waals surface area contributed by atoms with Crippen molar-refractivity contribution in [2.75, 3.05) is 0 Å². The Labute approximate surface area is 46.8 Å². The highest BCUT2D eigenvalue weighted by Gasteiger charge is 2.05. The minimum absolute atomic E-state index is 0.274. The lowest BCUT2D eigenvalue weighted by Crippen LogP contribution is -2.36. The first-order valence-electron chi connectivity index (χ1n) is 2.22. The summed E-state index contributed by atoms with van der Waals surface area (Å²) in [6, 6.07) is -0.274. The summed E-state index contributed by atoms with van der Waals surface area (Å²) in [6.45, 7) is 0. The van der Waals surface area contributed by atoms with Crippen LogP contribution in [-0.4, -0.2) is 11.9 Å². The predicted molar refractivity (Wildman–Crippen MR) is 29.8 cm³/mol. The SMILES string of the molecule is NC1=NOC=CC1N. The topological polar surface area (TPSA) is 73.6 Å². The van der Waals surface area contributed by atoms with Crippen molar-refractivity contribution in [3.8, 4) is 0 Å². The van der Waals surface area contributed by atoms with Gasteiger partial charge in [0.1, 0.15) is 6.26 Å². The predicted octanol–water partition coefficient (Wildman–Crippen LogP) is -0.870. The summed E-state index contributed by atoms with van der Waals surface area (Å²) in [5.41, 5.74) is 10.6. The highest BCUT2D eigenvalue weighted by Crippen LogP contribution is 1.92. The van der Waals surface area contributed by atoms with Gasteiger partial charge in [-0.05, 0) is 6.08 Å². The van der Waals surface area contributed by atoms with E-state index in [0.717, 1.165) is 0 Å². The Morgan fingerprint density at radius 2 is 2.50 bits per heavy atom. The average molecular weight is 113 g/mol. The van der Waals surface area contributed by atoms with E-state index in [2.05, 4.69) is 9.99 Å². The van der Waals surface area contributed by atoms with Gasteiger partial charge in [0.15, 0.2) is 5.84 Å². The van der Waals surface area contributed by atoms with Crippen LogP contribution in [0.1, 0.15) is 0 Å². The molecule has 0 bridgehead atoms. The number of rotatable bonds is 0. The molecule has 1 aliphatic rings. The summed E-state index contributed by atoms with van der Waals surface area (Å²) in [4.78, 5) is 4.45. The van der Waals surface area contributed by atoms with Crippen molar-refractivity contribution < 1.29 is 4.84 Å². The normalized spacial score (nSPS) is 26.6. The fraction of sp³-hybridized carbons (Fsp3) is 0.250. The van der Waals surface area contributed by atoms with Crippen LogP contribution in [0, 0.1) is 0 Å². The molecule has 0 spiro atoms. The molecule has 44 valence electrons. The molecular weight excluding hydrogens is 106 g/mol. The van der Waals surface area contributed by atoms with Crippen molar-refractivity contribution in [3.05, 3.63) is 12.3 Å². The van der Waals surface area contributed by atoms with E-state index in [4.69, 9.17) is 11.5 Å². The maximum atomic E-state index is 5.36. The Morgan fingerprint density at radius 3 is 2.88 bits per heavy atom. The van der Waals surface area contributed by atoms with Gasteiger partial charge >= 0.3 is 0 Å². The largest absolute Gasteiger partial charge is 0.383 e. The van der Waals surface area contributed by atoms with Gasteiger partial charge in [-0.2, -0.15) is 0 Å². The van der Waals surface area contributed by atoms with Crippen LogP contribution in [0.3, 0.4) is 0 Å². The Bertz CT molecular complexity index is 140. The van der Waals surface area contributed by atoms with Crippen molar-refractivity contribution >= 4 is 5.84 Å². The third-order valence-electron chi connectivity index (χ3n) is 0.846. The van der Waals surface area contributed by atoms with Gasteiger partial charge < -0.3 is 16.3 Å². The van der Waals surface area contributed by atoms with E-state index in [0.29, 0.717) is 5.84 Å². The van der Waals surface area contributed by atoms with E-state index < -0.39 is 0 Å². The van der Waals surface area contributed by atoms with E-state index in [1.54, 1.807) is 6.08 Å². The van der Waals surface area contributed by atoms with Crippen LogP contribution in [0.25, 0.3) is 0 Å². The molecule has 0 saturated carbocycles. The minimum Gasteiger partial charge on any atom is -0.383 e. The highest BCUT2D eigenvalue weighted by atomic mass is 16.6. The summed E-state index contributed by atoms with van der Waals surface area (Å²) in [5, 5.41) is 3.39. The number of oxime groups is 1. The number of hydrogen-bond acceptors (Lipinski definition) is 4. The Morgan fingerprint density at radius 1 is 1.75 bits per heavy atom. The second-order valence-electron chi connectivity index (χ2n) is 1.48. The second-order valence-corrected chi connectivity index (χ2v) is 1.48. The molecule has 0 saturated heterocycles. The van der Waals surface area contributed by atoms with Crippen LogP contribution in [0.4, 0.5) is 0 Å². The lowest BCUT2D eigenvalue weighted by atomic mass is 10.3. The number of nitrogens with zero attached hydrogens (tertiary/aromatic N) is 1. The molecule has 1 atom stereocenters. The monoisotopic (exact) mass is 113 g/mol. The maximum Gasteiger partial charge on any atom is 0.160 e. The van der Waals surface area contributed by atoms with Crippen molar-refractivity contribution in [2.45, 2.75) is 6.04 Å². The van der Waals surface area contributed by atoms with Gasteiger partial charge in [-0.1, -0.05) is 5.16 Å². The molecule has 0 aromatic rings. The molecule has 1 unspecified atom stereocenters. The fourth-order valence-electron chi connectivity index (χ4n) is 0.371. The van der Waals surface area contributed by atoms with Gasteiger partial charge in [0, 0.05) is 0 Å². The Hall–Kier alpha value is -1.03. The van der Waals surface area contributed by atoms with Crippen LogP contribution >= 0.6 is 0 Å². The second kappa shape index (κ2) is 1.83. The zero-order valence-corrected chi connectivity index (χ0v) is 4.24. The third-order valence-corrected chi connectivity index (χ3v) is 0.846. The fourth-order valence-corrected chi connectivity index (χ4v) is 0.371. The zero-order valence-electron chi connectivity index (χ0n) is 4.24. The third kappa shape index (κ3) is 0.788. The smallest absolute Gasteiger partial charge is 0.160 e. The summed E-state index contributed by atoms with van der Waals surface area (Å²) in [5.74, 6) is 0.313. The molecular formula is C4H7N3O. The molecule has 8 heavy (non-hydrogen) atoms. The first-order chi connectivity index (χ1) is 3.80. The van der Waals surface area contributed by atoms with Gasteiger partial charge in [0.25, 0.3) is 0 Å². The molecule has 0 radical (unpaired) electrons. The quantitative estimate of drug-likeness (QED) is 0.429. The maximum absolute atomic E-state index is 5.36. The van der Waals surface area contributed by atoms with Crippen LogP contribution in [0.5, 0.6) is 0 Å². The molecule has 0 aromatic heterocycles. The first-order valence-corrected chi connectivity index (χ1v) is 2.22. The van der Waals surface area contributed by atoms with Crippen molar-refractivity contribution in [2.24, 2.45) is 16.6 Å². The molecule has 0 aliphatic carbocycles. The number of hydrogen-bond donors (Lipinski definition) is 2. The highest BCUT2D eigenvalue weighted by molar-refractivity contribution is 5.87. The standard InChI is InChI=1S/C4H7N3O/c5-3-1-2-8-7-4(3)6/h1-3H,5H2,(H2,6,7). The van der Waals surface area contributed by atoms with Crippen molar-refractivity contribution in [1.82, 2.24) is 0 Å². The van der Waals surface area contributed by atoms with E-state index in [1.165, 1.54) is 6.26 Å². The van der Waals surface area contributed by atoms with Gasteiger partial charge in [0.05, 0.1) is 6.04 Å². The van der Waals surface area contributed by atoms with Crippen LogP contribution in [0.15, 0.2) is 17.5 Å².